The highest BCUT2D eigenvalue weighted by Gasteiger charge is 2.04. The highest BCUT2D eigenvalue weighted by atomic mass is 16.5. The fourth-order valence-corrected chi connectivity index (χ4v) is 0.160. The van der Waals surface area contributed by atoms with Gasteiger partial charge in [0, 0.05) is 0 Å². The molecule has 0 amide bonds. The van der Waals surface area contributed by atoms with E-state index in [0.717, 1.165) is 0 Å². The minimum Gasteiger partial charge on any atom is -0.481 e. The summed E-state index contributed by atoms with van der Waals surface area (Å²) in [6.07, 6.45) is -0.932. The summed E-state index contributed by atoms with van der Waals surface area (Å²) >= 11 is 0. The molecule has 0 radical (unpaired) electrons. The number of aliphatic carboxylic acids is 1. The predicted molar refractivity (Wildman–Crippen MR) is 24.3 cm³/mol. The third kappa shape index (κ3) is 3.14. The Morgan fingerprint density at radius 2 is 2.50 bits per heavy atom. The van der Waals surface area contributed by atoms with Crippen LogP contribution in [0.1, 0.15) is 10.5 Å². The maximum atomic E-state index is 10.3. The summed E-state index contributed by atoms with van der Waals surface area (Å²) in [4.78, 5) is 20.1. The second-order valence-corrected chi connectivity index (χ2v) is 1.04. The summed E-state index contributed by atoms with van der Waals surface area (Å²) in [6, 6.07) is 0. The van der Waals surface area contributed by atoms with Crippen molar-refractivity contribution in [2.24, 2.45) is 0 Å². The Morgan fingerprint density at radius 1 is 1.88 bits per heavy atom. The van der Waals surface area contributed by atoms with E-state index in [4.69, 9.17) is 9.22 Å². The van der Waals surface area contributed by atoms with Crippen LogP contribution in [-0.4, -0.2) is 24.1 Å². The van der Waals surface area contributed by atoms with E-state index in [1.165, 1.54) is 0 Å². The van der Waals surface area contributed by atoms with Gasteiger partial charge in [0.2, 0.25) is 0 Å². The summed E-state index contributed by atoms with van der Waals surface area (Å²) in [6.45, 7) is 0. The number of carbonyl (C=O) groups is 2. The van der Waals surface area contributed by atoms with Crippen LogP contribution in [0.3, 0.4) is 0 Å². The average Bonchev–Trinajstić information content (AvgIpc) is 1.53. The largest absolute Gasteiger partial charge is 0.481 e. The molecule has 0 spiro atoms. The first-order valence-corrected chi connectivity index (χ1v) is 1.75. The molecule has 4 heteroatoms. The zero-order valence-electron chi connectivity index (χ0n) is 6.88. The van der Waals surface area contributed by atoms with E-state index < -0.39 is 25.4 Å². The van der Waals surface area contributed by atoms with E-state index in [-0.39, 0.29) is 0 Å². The predicted octanol–water partition coefficient (Wildman–Crippen LogP) is -0.366. The first-order chi connectivity index (χ1) is 4.81. The molecule has 0 unspecified atom stereocenters. The molecule has 4 nitrogen and oxygen atoms in total. The molecule has 0 saturated carbocycles. The number of ether oxygens (including phenoxy) is 1. The van der Waals surface area contributed by atoms with Crippen LogP contribution in [0.15, 0.2) is 0 Å². The van der Waals surface area contributed by atoms with Gasteiger partial charge in [-0.05, 0) is 0 Å². The molecule has 1 N–H and O–H groups in total. The number of esters is 1. The SMILES string of the molecule is [2H]C([2H])([2H])OC(=O)CC(=O)O. The second-order valence-electron chi connectivity index (χ2n) is 1.04. The maximum absolute atomic E-state index is 10.3. The molecule has 0 atom stereocenters. The van der Waals surface area contributed by atoms with Crippen LogP contribution in [0, 0.1) is 0 Å². The van der Waals surface area contributed by atoms with Gasteiger partial charge in [0.1, 0.15) is 6.42 Å². The minimum absolute atomic E-state index is 0.932. The summed E-state index contributed by atoms with van der Waals surface area (Å²) < 4.78 is 22.9. The van der Waals surface area contributed by atoms with Gasteiger partial charge in [-0.25, -0.2) is 0 Å². The Kier molecular flexibility index (Phi) is 1.15. The van der Waals surface area contributed by atoms with Gasteiger partial charge in [-0.3, -0.25) is 9.59 Å². The summed E-state index contributed by atoms with van der Waals surface area (Å²) in [7, 11) is -2.85. The number of carboxylic acid groups (broad SMARTS) is 1. The molecule has 0 bridgehead atoms. The fourth-order valence-electron chi connectivity index (χ4n) is 0.160. The molecule has 0 heterocycles. The molecule has 8 heavy (non-hydrogen) atoms. The van der Waals surface area contributed by atoms with Gasteiger partial charge in [0.15, 0.2) is 0 Å². The van der Waals surface area contributed by atoms with E-state index in [0.29, 0.717) is 0 Å². The molecule has 0 fully saturated rings. The topological polar surface area (TPSA) is 63.6 Å². The van der Waals surface area contributed by atoms with Crippen LogP contribution in [0.5, 0.6) is 0 Å². The van der Waals surface area contributed by atoms with Crippen molar-refractivity contribution >= 4 is 11.9 Å². The number of hydrogen-bond donors (Lipinski definition) is 1. The van der Waals surface area contributed by atoms with E-state index in [1.54, 1.807) is 0 Å². The van der Waals surface area contributed by atoms with Gasteiger partial charge >= 0.3 is 11.9 Å². The van der Waals surface area contributed by atoms with E-state index in [1.807, 2.05) is 0 Å². The first kappa shape index (κ1) is 3.06. The molecule has 0 aromatic rings. The Labute approximate surface area is 50.3 Å². The van der Waals surface area contributed by atoms with Crippen molar-refractivity contribution in [2.45, 2.75) is 6.42 Å². The molecule has 0 aliphatic rings. The Morgan fingerprint density at radius 3 is 2.88 bits per heavy atom. The Hall–Kier alpha value is -1.06. The molecule has 0 aliphatic heterocycles. The van der Waals surface area contributed by atoms with Crippen molar-refractivity contribution in [3.05, 3.63) is 0 Å². The normalized spacial score (nSPS) is 15.2. The number of carboxylic acids is 1. The molecular weight excluding hydrogens is 112 g/mol. The maximum Gasteiger partial charge on any atom is 0.316 e. The van der Waals surface area contributed by atoms with Crippen molar-refractivity contribution in [3.63, 3.8) is 0 Å². The lowest BCUT2D eigenvalue weighted by Gasteiger charge is -1.90. The zero-order valence-corrected chi connectivity index (χ0v) is 3.88. The van der Waals surface area contributed by atoms with E-state index in [2.05, 4.69) is 4.74 Å². The van der Waals surface area contributed by atoms with Gasteiger partial charge in [-0.15, -0.1) is 0 Å². The summed E-state index contributed by atoms with van der Waals surface area (Å²) in [5.41, 5.74) is 0. The van der Waals surface area contributed by atoms with Gasteiger partial charge in [0.25, 0.3) is 0 Å². The van der Waals surface area contributed by atoms with E-state index >= 15 is 0 Å². The molecule has 0 aromatic heterocycles. The minimum atomic E-state index is -2.85. The van der Waals surface area contributed by atoms with Crippen LogP contribution >= 0.6 is 0 Å². The molecular formula is C4H6O4. The molecule has 46 valence electrons. The quantitative estimate of drug-likeness (QED) is 0.400. The van der Waals surface area contributed by atoms with Gasteiger partial charge in [0.05, 0.1) is 11.2 Å². The first-order valence-electron chi connectivity index (χ1n) is 3.25. The van der Waals surface area contributed by atoms with E-state index in [9.17, 15) is 9.59 Å². The van der Waals surface area contributed by atoms with Crippen LogP contribution in [0.2, 0.25) is 0 Å². The number of methoxy groups -OCH3 is 1. The lowest BCUT2D eigenvalue weighted by Crippen LogP contribution is -2.07. The lowest BCUT2D eigenvalue weighted by atomic mass is 10.4. The Bertz CT molecular complexity index is 173. The smallest absolute Gasteiger partial charge is 0.316 e. The number of carbonyl (C=O) groups excluding carboxylic acids is 1. The second kappa shape index (κ2) is 3.01. The standard InChI is InChI=1S/C4H6O4/c1-8-4(7)2-3(5)6/h2H2,1H3,(H,5,6)/i1D3. The van der Waals surface area contributed by atoms with Crippen LogP contribution in [0.4, 0.5) is 0 Å². The van der Waals surface area contributed by atoms with Crippen LogP contribution < -0.4 is 0 Å². The van der Waals surface area contributed by atoms with Crippen molar-refractivity contribution in [3.8, 4) is 0 Å². The number of hydrogen-bond acceptors (Lipinski definition) is 3. The third-order valence-electron chi connectivity index (χ3n) is 0.409. The fraction of sp³-hybridized carbons (Fsp3) is 0.500. The van der Waals surface area contributed by atoms with Gasteiger partial charge in [-0.2, -0.15) is 0 Å². The average molecular weight is 121 g/mol. The van der Waals surface area contributed by atoms with Crippen molar-refractivity contribution in [1.82, 2.24) is 0 Å². The van der Waals surface area contributed by atoms with Crippen molar-refractivity contribution in [1.29, 1.82) is 0 Å². The third-order valence-corrected chi connectivity index (χ3v) is 0.409. The van der Waals surface area contributed by atoms with Crippen LogP contribution in [0.25, 0.3) is 0 Å². The number of rotatable bonds is 2. The van der Waals surface area contributed by atoms with Crippen molar-refractivity contribution in [2.75, 3.05) is 7.04 Å². The lowest BCUT2D eigenvalue weighted by molar-refractivity contribution is -0.149. The van der Waals surface area contributed by atoms with Gasteiger partial charge in [-0.1, -0.05) is 0 Å². The van der Waals surface area contributed by atoms with Gasteiger partial charge < -0.3 is 9.84 Å². The summed E-state index contributed by atoms with van der Waals surface area (Å²) in [5.74, 6) is -2.68. The van der Waals surface area contributed by atoms with Crippen LogP contribution in [-0.2, 0) is 14.3 Å². The Balaban J connectivity index is 3.80. The molecule has 0 aromatic carbocycles. The highest BCUT2D eigenvalue weighted by molar-refractivity contribution is 5.89. The van der Waals surface area contributed by atoms with Crippen molar-refractivity contribution < 1.29 is 23.5 Å². The highest BCUT2D eigenvalue weighted by Crippen LogP contribution is 1.80. The molecule has 0 saturated heterocycles. The monoisotopic (exact) mass is 121 g/mol. The molecule has 0 aliphatic carbocycles. The molecule has 0 rings (SSSR count). The summed E-state index contributed by atoms with van der Waals surface area (Å²) in [5, 5.41) is 8.00. The zero-order chi connectivity index (χ0) is 9.07.